The molecule has 0 amide bonds. The van der Waals surface area contributed by atoms with Gasteiger partial charge in [0, 0.05) is 0 Å². The number of hydrogen-bond acceptors (Lipinski definition) is 5. The molecular formula is C16H22O6. The van der Waals surface area contributed by atoms with Crippen LogP contribution in [0.5, 0.6) is 0 Å². The van der Waals surface area contributed by atoms with Crippen molar-refractivity contribution in [2.75, 3.05) is 13.2 Å². The van der Waals surface area contributed by atoms with Crippen LogP contribution >= 0.6 is 0 Å². The maximum atomic E-state index is 12.7. The number of aliphatic hydroxyl groups excluding tert-OH is 1. The molecule has 4 atom stereocenters. The van der Waals surface area contributed by atoms with E-state index in [2.05, 4.69) is 13.2 Å². The van der Waals surface area contributed by atoms with Crippen molar-refractivity contribution in [3.63, 3.8) is 0 Å². The van der Waals surface area contributed by atoms with E-state index in [9.17, 15) is 14.7 Å². The van der Waals surface area contributed by atoms with Crippen LogP contribution in [0, 0.1) is 10.8 Å². The fourth-order valence-corrected chi connectivity index (χ4v) is 3.81. The van der Waals surface area contributed by atoms with Gasteiger partial charge in [-0.2, -0.15) is 0 Å². The zero-order valence-corrected chi connectivity index (χ0v) is 12.5. The molecule has 2 aliphatic rings. The molecule has 6 heteroatoms. The van der Waals surface area contributed by atoms with Gasteiger partial charge >= 0.3 is 11.9 Å². The summed E-state index contributed by atoms with van der Waals surface area (Å²) in [6.45, 7) is 6.85. The lowest BCUT2D eigenvalue weighted by Crippen LogP contribution is -2.58. The average Bonchev–Trinajstić information content (AvgIpc) is 3.27. The van der Waals surface area contributed by atoms with Crippen LogP contribution in [0.3, 0.4) is 0 Å². The van der Waals surface area contributed by atoms with Gasteiger partial charge in [0.15, 0.2) is 0 Å². The smallest absolute Gasteiger partial charge is 0.313 e. The highest BCUT2D eigenvalue weighted by molar-refractivity contribution is 5.89. The molecule has 1 saturated carbocycles. The van der Waals surface area contributed by atoms with E-state index in [1.54, 1.807) is 6.08 Å². The lowest BCUT2D eigenvalue weighted by Gasteiger charge is -2.46. The monoisotopic (exact) mass is 310 g/mol. The zero-order chi connectivity index (χ0) is 16.4. The number of allylic oxidation sites excluding steroid dienone is 2. The molecule has 0 aromatic rings. The normalized spacial score (nSPS) is 36.0. The first-order valence-electron chi connectivity index (χ1n) is 7.39. The maximum absolute atomic E-state index is 12.7. The van der Waals surface area contributed by atoms with E-state index in [1.807, 2.05) is 0 Å². The third-order valence-electron chi connectivity index (χ3n) is 4.83. The van der Waals surface area contributed by atoms with Crippen molar-refractivity contribution >= 4 is 11.9 Å². The quantitative estimate of drug-likeness (QED) is 0.398. The van der Waals surface area contributed by atoms with Crippen molar-refractivity contribution in [2.24, 2.45) is 10.8 Å². The van der Waals surface area contributed by atoms with Crippen LogP contribution in [0.4, 0.5) is 0 Å². The number of rotatable bonds is 8. The highest BCUT2D eigenvalue weighted by Crippen LogP contribution is 2.62. The molecule has 22 heavy (non-hydrogen) atoms. The van der Waals surface area contributed by atoms with E-state index in [1.165, 1.54) is 6.08 Å². The summed E-state index contributed by atoms with van der Waals surface area (Å²) in [5, 5.41) is 18.8. The Morgan fingerprint density at radius 2 is 2.00 bits per heavy atom. The van der Waals surface area contributed by atoms with Crippen molar-refractivity contribution in [3.05, 3.63) is 25.3 Å². The summed E-state index contributed by atoms with van der Waals surface area (Å²) in [7, 11) is 0. The number of carboxylic acid groups (broad SMARTS) is 1. The zero-order valence-electron chi connectivity index (χ0n) is 12.5. The lowest BCUT2D eigenvalue weighted by atomic mass is 9.53. The van der Waals surface area contributed by atoms with Crippen LogP contribution in [0.15, 0.2) is 25.3 Å². The molecular weight excluding hydrogens is 288 g/mol. The summed E-state index contributed by atoms with van der Waals surface area (Å²) >= 11 is 0. The lowest BCUT2D eigenvalue weighted by molar-refractivity contribution is -0.183. The molecule has 6 nitrogen and oxygen atoms in total. The van der Waals surface area contributed by atoms with Gasteiger partial charge in [-0.3, -0.25) is 9.59 Å². The predicted octanol–water partition coefficient (Wildman–Crippen LogP) is 1.29. The Hall–Kier alpha value is -1.66. The molecule has 2 fully saturated rings. The molecule has 1 aliphatic heterocycles. The minimum Gasteiger partial charge on any atom is -0.481 e. The van der Waals surface area contributed by atoms with E-state index in [0.29, 0.717) is 12.8 Å². The molecule has 1 heterocycles. The first-order chi connectivity index (χ1) is 10.5. The molecule has 122 valence electrons. The fourth-order valence-electron chi connectivity index (χ4n) is 3.81. The van der Waals surface area contributed by atoms with Gasteiger partial charge in [-0.15, -0.1) is 13.2 Å². The van der Waals surface area contributed by atoms with Crippen LogP contribution in [-0.4, -0.2) is 47.6 Å². The number of epoxide rings is 1. The Balaban J connectivity index is 2.50. The summed E-state index contributed by atoms with van der Waals surface area (Å²) in [5.74, 6) is -1.69. The number of aliphatic carboxylic acids is 1. The molecule has 2 rings (SSSR count). The standard InChI is InChI=1S/C16H22O6/c1-3-6-15(14(20)21-10-9-17)8-5-11-12(22-11)16(15,7-4-2)13(18)19/h3-4,11-12,17H,1-2,5-10H2,(H,18,19). The number of carboxylic acids is 1. The molecule has 0 radical (unpaired) electrons. The van der Waals surface area contributed by atoms with E-state index < -0.39 is 28.9 Å². The second-order valence-corrected chi connectivity index (χ2v) is 5.84. The summed E-state index contributed by atoms with van der Waals surface area (Å²) in [6.07, 6.45) is 3.68. The minimum absolute atomic E-state index is 0.117. The number of ether oxygens (including phenoxy) is 2. The van der Waals surface area contributed by atoms with E-state index in [-0.39, 0.29) is 32.2 Å². The first-order valence-corrected chi connectivity index (χ1v) is 7.39. The second-order valence-electron chi connectivity index (χ2n) is 5.84. The van der Waals surface area contributed by atoms with E-state index >= 15 is 0 Å². The van der Waals surface area contributed by atoms with Crippen molar-refractivity contribution in [1.29, 1.82) is 0 Å². The summed E-state index contributed by atoms with van der Waals surface area (Å²) < 4.78 is 10.7. The van der Waals surface area contributed by atoms with Crippen molar-refractivity contribution in [3.8, 4) is 0 Å². The predicted molar refractivity (Wildman–Crippen MR) is 78.1 cm³/mol. The summed E-state index contributed by atoms with van der Waals surface area (Å²) in [4.78, 5) is 24.8. The maximum Gasteiger partial charge on any atom is 0.313 e. The minimum atomic E-state index is -1.40. The average molecular weight is 310 g/mol. The Bertz CT molecular complexity index is 487. The first kappa shape index (κ1) is 16.7. The number of aliphatic hydroxyl groups is 1. The van der Waals surface area contributed by atoms with Gasteiger partial charge < -0.3 is 19.7 Å². The van der Waals surface area contributed by atoms with Gasteiger partial charge in [0.2, 0.25) is 0 Å². The molecule has 1 saturated heterocycles. The van der Waals surface area contributed by atoms with E-state index in [0.717, 1.165) is 0 Å². The van der Waals surface area contributed by atoms with Crippen LogP contribution in [0.25, 0.3) is 0 Å². The number of carbonyl (C=O) groups excluding carboxylic acids is 1. The van der Waals surface area contributed by atoms with Crippen molar-refractivity contribution < 1.29 is 29.3 Å². The Morgan fingerprint density at radius 1 is 1.32 bits per heavy atom. The number of hydrogen-bond donors (Lipinski definition) is 2. The highest BCUT2D eigenvalue weighted by Gasteiger charge is 2.73. The van der Waals surface area contributed by atoms with Gasteiger partial charge in [-0.1, -0.05) is 12.2 Å². The Morgan fingerprint density at radius 3 is 2.55 bits per heavy atom. The summed E-state index contributed by atoms with van der Waals surface area (Å²) in [5.41, 5.74) is -2.65. The van der Waals surface area contributed by atoms with E-state index in [4.69, 9.17) is 14.6 Å². The van der Waals surface area contributed by atoms with Gasteiger partial charge in [-0.25, -0.2) is 0 Å². The van der Waals surface area contributed by atoms with Crippen LogP contribution in [-0.2, 0) is 19.1 Å². The van der Waals surface area contributed by atoms with Gasteiger partial charge in [0.1, 0.15) is 18.1 Å². The van der Waals surface area contributed by atoms with Crippen LogP contribution < -0.4 is 0 Å². The van der Waals surface area contributed by atoms with Gasteiger partial charge in [0.25, 0.3) is 0 Å². The topological polar surface area (TPSA) is 96.4 Å². The number of esters is 1. The van der Waals surface area contributed by atoms with Gasteiger partial charge in [0.05, 0.1) is 18.1 Å². The van der Waals surface area contributed by atoms with Crippen LogP contribution in [0.1, 0.15) is 25.7 Å². The Labute approximate surface area is 129 Å². The SMILES string of the molecule is C=CCC1(C(=O)OCCO)CCC2OC2C1(CC=C)C(=O)O. The van der Waals surface area contributed by atoms with Crippen LogP contribution in [0.2, 0.25) is 0 Å². The fraction of sp³-hybridized carbons (Fsp3) is 0.625. The number of fused-ring (bicyclic) bond motifs is 1. The molecule has 4 unspecified atom stereocenters. The van der Waals surface area contributed by atoms with Crippen molar-refractivity contribution in [1.82, 2.24) is 0 Å². The van der Waals surface area contributed by atoms with Crippen molar-refractivity contribution in [2.45, 2.75) is 37.9 Å². The molecule has 0 bridgehead atoms. The Kier molecular flexibility index (Phi) is 4.72. The highest BCUT2D eigenvalue weighted by atomic mass is 16.6. The molecule has 2 N–H and O–H groups in total. The summed E-state index contributed by atoms with van der Waals surface area (Å²) in [6, 6.07) is 0. The number of carbonyl (C=O) groups is 2. The second kappa shape index (κ2) is 6.22. The third kappa shape index (κ3) is 2.27. The molecule has 1 aliphatic carbocycles. The molecule has 0 spiro atoms. The third-order valence-corrected chi connectivity index (χ3v) is 4.83. The van der Waals surface area contributed by atoms with Gasteiger partial charge in [-0.05, 0) is 25.7 Å². The molecule has 0 aromatic carbocycles. The molecule has 0 aromatic heterocycles. The largest absolute Gasteiger partial charge is 0.481 e.